The number of nitrogens with two attached hydrogens (primary N) is 1. The third kappa shape index (κ3) is 4.22. The van der Waals surface area contributed by atoms with Crippen molar-refractivity contribution in [2.45, 2.75) is 51.0 Å². The molecule has 3 heteroatoms. The Morgan fingerprint density at radius 3 is 2.83 bits per heavy atom. The second-order valence-electron chi connectivity index (χ2n) is 6.84. The van der Waals surface area contributed by atoms with Gasteiger partial charge in [0.1, 0.15) is 0 Å². The van der Waals surface area contributed by atoms with E-state index in [4.69, 9.17) is 10.5 Å². The highest BCUT2D eigenvalue weighted by atomic mass is 16.5. The molecular weight excluding hydrogens is 224 g/mol. The van der Waals surface area contributed by atoms with Crippen molar-refractivity contribution in [1.29, 1.82) is 0 Å². The molecule has 1 heterocycles. The molecule has 3 atom stereocenters. The molecular formula is C15H30N2O. The van der Waals surface area contributed by atoms with Crippen LogP contribution in [0.4, 0.5) is 0 Å². The molecule has 0 amide bonds. The SMILES string of the molecule is CC1CCCC(N)(CN(C)CC2CCCOC2)C1. The van der Waals surface area contributed by atoms with Crippen molar-refractivity contribution in [3.63, 3.8) is 0 Å². The van der Waals surface area contributed by atoms with Crippen molar-refractivity contribution in [1.82, 2.24) is 4.90 Å². The number of hydrogen-bond acceptors (Lipinski definition) is 3. The van der Waals surface area contributed by atoms with Gasteiger partial charge in [-0.2, -0.15) is 0 Å². The van der Waals surface area contributed by atoms with Gasteiger partial charge in [0.15, 0.2) is 0 Å². The van der Waals surface area contributed by atoms with Crippen molar-refractivity contribution < 1.29 is 4.74 Å². The van der Waals surface area contributed by atoms with E-state index in [0.29, 0.717) is 5.92 Å². The van der Waals surface area contributed by atoms with Gasteiger partial charge < -0.3 is 15.4 Å². The van der Waals surface area contributed by atoms with E-state index >= 15 is 0 Å². The summed E-state index contributed by atoms with van der Waals surface area (Å²) in [6, 6.07) is 0. The maximum absolute atomic E-state index is 6.58. The zero-order chi connectivity index (χ0) is 13.0. The quantitative estimate of drug-likeness (QED) is 0.836. The van der Waals surface area contributed by atoms with E-state index in [2.05, 4.69) is 18.9 Å². The van der Waals surface area contributed by atoms with Crippen LogP contribution in [0.3, 0.4) is 0 Å². The Balaban J connectivity index is 1.76. The van der Waals surface area contributed by atoms with Crippen LogP contribution in [0.5, 0.6) is 0 Å². The van der Waals surface area contributed by atoms with Gasteiger partial charge >= 0.3 is 0 Å². The van der Waals surface area contributed by atoms with Gasteiger partial charge in [0.25, 0.3) is 0 Å². The lowest BCUT2D eigenvalue weighted by Crippen LogP contribution is -2.52. The van der Waals surface area contributed by atoms with Crippen LogP contribution in [0, 0.1) is 11.8 Å². The van der Waals surface area contributed by atoms with Crippen molar-refractivity contribution in [2.24, 2.45) is 17.6 Å². The van der Waals surface area contributed by atoms with E-state index in [1.165, 1.54) is 38.5 Å². The molecule has 0 aromatic heterocycles. The first-order valence-electron chi connectivity index (χ1n) is 7.62. The first-order valence-corrected chi connectivity index (χ1v) is 7.62. The van der Waals surface area contributed by atoms with E-state index < -0.39 is 0 Å². The third-order valence-electron chi connectivity index (χ3n) is 4.54. The van der Waals surface area contributed by atoms with Crippen LogP contribution in [-0.4, -0.2) is 43.8 Å². The summed E-state index contributed by atoms with van der Waals surface area (Å²) in [6.07, 6.45) is 7.60. The van der Waals surface area contributed by atoms with E-state index in [1.54, 1.807) is 0 Å². The lowest BCUT2D eigenvalue weighted by molar-refractivity contribution is 0.0371. The molecule has 2 fully saturated rings. The van der Waals surface area contributed by atoms with Gasteiger partial charge in [-0.3, -0.25) is 0 Å². The molecule has 0 radical (unpaired) electrons. The Hall–Kier alpha value is -0.120. The van der Waals surface area contributed by atoms with Gasteiger partial charge in [0.05, 0.1) is 6.61 Å². The zero-order valence-electron chi connectivity index (χ0n) is 12.2. The number of nitrogens with zero attached hydrogens (tertiary/aromatic N) is 1. The summed E-state index contributed by atoms with van der Waals surface area (Å²) in [4.78, 5) is 2.44. The van der Waals surface area contributed by atoms with Crippen molar-refractivity contribution in [2.75, 3.05) is 33.4 Å². The molecule has 1 aliphatic carbocycles. The molecule has 0 spiro atoms. The number of rotatable bonds is 4. The summed E-state index contributed by atoms with van der Waals surface area (Å²) in [5, 5.41) is 0. The van der Waals surface area contributed by atoms with E-state index in [-0.39, 0.29) is 5.54 Å². The molecule has 0 aromatic rings. The highest BCUT2D eigenvalue weighted by Gasteiger charge is 2.32. The Morgan fingerprint density at radius 1 is 1.33 bits per heavy atom. The predicted molar refractivity (Wildman–Crippen MR) is 75.6 cm³/mol. The molecule has 0 aromatic carbocycles. The van der Waals surface area contributed by atoms with Gasteiger partial charge in [-0.15, -0.1) is 0 Å². The van der Waals surface area contributed by atoms with Gasteiger partial charge in [-0.05, 0) is 44.6 Å². The minimum atomic E-state index is 0.0575. The third-order valence-corrected chi connectivity index (χ3v) is 4.54. The number of hydrogen-bond donors (Lipinski definition) is 1. The molecule has 1 saturated heterocycles. The molecule has 0 bridgehead atoms. The summed E-state index contributed by atoms with van der Waals surface area (Å²) < 4.78 is 5.56. The Bertz CT molecular complexity index is 253. The second-order valence-corrected chi connectivity index (χ2v) is 6.84. The topological polar surface area (TPSA) is 38.5 Å². The molecule has 106 valence electrons. The lowest BCUT2D eigenvalue weighted by Gasteiger charge is -2.40. The summed E-state index contributed by atoms with van der Waals surface area (Å²) in [5.74, 6) is 1.52. The maximum atomic E-state index is 6.58. The summed E-state index contributed by atoms with van der Waals surface area (Å²) in [5.41, 5.74) is 6.64. The number of ether oxygens (including phenoxy) is 1. The van der Waals surface area contributed by atoms with Crippen molar-refractivity contribution in [3.8, 4) is 0 Å². The van der Waals surface area contributed by atoms with Gasteiger partial charge in [-0.1, -0.05) is 19.8 Å². The fourth-order valence-corrected chi connectivity index (χ4v) is 3.84. The monoisotopic (exact) mass is 254 g/mol. The van der Waals surface area contributed by atoms with E-state index in [1.807, 2.05) is 0 Å². The molecule has 2 N–H and O–H groups in total. The van der Waals surface area contributed by atoms with Crippen LogP contribution in [0.15, 0.2) is 0 Å². The first-order chi connectivity index (χ1) is 8.57. The lowest BCUT2D eigenvalue weighted by atomic mass is 9.77. The molecule has 1 saturated carbocycles. The van der Waals surface area contributed by atoms with E-state index in [9.17, 15) is 0 Å². The maximum Gasteiger partial charge on any atom is 0.0506 e. The van der Waals surface area contributed by atoms with Gasteiger partial charge in [0, 0.05) is 25.2 Å². The molecule has 3 unspecified atom stereocenters. The Morgan fingerprint density at radius 2 is 2.17 bits per heavy atom. The predicted octanol–water partition coefficient (Wildman–Crippen LogP) is 2.25. The number of likely N-dealkylation sites (N-methyl/N-ethyl adjacent to an activating group) is 1. The van der Waals surface area contributed by atoms with Crippen LogP contribution in [0.1, 0.15) is 45.4 Å². The van der Waals surface area contributed by atoms with Crippen LogP contribution < -0.4 is 5.73 Å². The zero-order valence-corrected chi connectivity index (χ0v) is 12.2. The van der Waals surface area contributed by atoms with Crippen molar-refractivity contribution >= 4 is 0 Å². The van der Waals surface area contributed by atoms with Crippen LogP contribution in [0.2, 0.25) is 0 Å². The average Bonchev–Trinajstić information content (AvgIpc) is 2.28. The summed E-state index contributed by atoms with van der Waals surface area (Å²) >= 11 is 0. The highest BCUT2D eigenvalue weighted by molar-refractivity contribution is 4.92. The smallest absolute Gasteiger partial charge is 0.0506 e. The normalized spacial score (nSPS) is 38.0. The molecule has 18 heavy (non-hydrogen) atoms. The second kappa shape index (κ2) is 6.36. The molecule has 3 nitrogen and oxygen atoms in total. The Kier molecular flexibility index (Phi) is 5.05. The Labute approximate surface area is 112 Å². The van der Waals surface area contributed by atoms with Crippen LogP contribution >= 0.6 is 0 Å². The summed E-state index contributed by atoms with van der Waals surface area (Å²) in [6.45, 7) is 6.44. The fourth-order valence-electron chi connectivity index (χ4n) is 3.84. The minimum Gasteiger partial charge on any atom is -0.381 e. The van der Waals surface area contributed by atoms with E-state index in [0.717, 1.165) is 32.2 Å². The molecule has 2 rings (SSSR count). The average molecular weight is 254 g/mol. The minimum absolute atomic E-state index is 0.0575. The van der Waals surface area contributed by atoms with Gasteiger partial charge in [0.2, 0.25) is 0 Å². The van der Waals surface area contributed by atoms with Crippen LogP contribution in [-0.2, 0) is 4.74 Å². The summed E-state index contributed by atoms with van der Waals surface area (Å²) in [7, 11) is 2.22. The molecule has 2 aliphatic rings. The van der Waals surface area contributed by atoms with Gasteiger partial charge in [-0.25, -0.2) is 0 Å². The van der Waals surface area contributed by atoms with Crippen LogP contribution in [0.25, 0.3) is 0 Å². The fraction of sp³-hybridized carbons (Fsp3) is 1.00. The van der Waals surface area contributed by atoms with Crippen molar-refractivity contribution in [3.05, 3.63) is 0 Å². The largest absolute Gasteiger partial charge is 0.381 e. The first kappa shape index (κ1) is 14.3. The highest BCUT2D eigenvalue weighted by Crippen LogP contribution is 2.31. The standard InChI is InChI=1S/C15H30N2O/c1-13-5-3-7-15(16,9-13)12-17(2)10-14-6-4-8-18-11-14/h13-14H,3-12,16H2,1-2H3. The molecule has 1 aliphatic heterocycles.